The van der Waals surface area contributed by atoms with Gasteiger partial charge in [0.15, 0.2) is 0 Å². The summed E-state index contributed by atoms with van der Waals surface area (Å²) in [5.74, 6) is -0.113. The third-order valence-corrected chi connectivity index (χ3v) is 6.02. The van der Waals surface area contributed by atoms with Crippen LogP contribution in [-0.4, -0.2) is 24.4 Å². The molecule has 0 N–H and O–H groups in total. The first-order chi connectivity index (χ1) is 10.8. The van der Waals surface area contributed by atoms with Crippen LogP contribution < -0.4 is 0 Å². The first-order valence-corrected chi connectivity index (χ1v) is 9.36. The molecule has 1 aromatic heterocycles. The van der Waals surface area contributed by atoms with Crippen LogP contribution in [0.5, 0.6) is 0 Å². The third kappa shape index (κ3) is 3.48. The largest absolute Gasteiger partial charge is 0.364 e. The van der Waals surface area contributed by atoms with E-state index >= 15 is 0 Å². The highest BCUT2D eigenvalue weighted by atomic mass is 32.2. The number of hydrogen-bond acceptors (Lipinski definition) is 4. The summed E-state index contributed by atoms with van der Waals surface area (Å²) in [4.78, 5) is 0. The van der Waals surface area contributed by atoms with Crippen LogP contribution in [0, 0.1) is 0 Å². The predicted molar refractivity (Wildman–Crippen MR) is 88.4 cm³/mol. The van der Waals surface area contributed by atoms with Gasteiger partial charge < -0.3 is 4.52 Å². The average Bonchev–Trinajstić information content (AvgIpc) is 2.97. The Hall–Kier alpha value is -1.66. The Balaban J connectivity index is 1.84. The lowest BCUT2D eigenvalue weighted by molar-refractivity contribution is 0.386. The van der Waals surface area contributed by atoms with Gasteiger partial charge >= 0.3 is 0 Å². The highest BCUT2D eigenvalue weighted by molar-refractivity contribution is 7.88. The van der Waals surface area contributed by atoms with Gasteiger partial charge in [0.1, 0.15) is 12.0 Å². The van der Waals surface area contributed by atoms with Gasteiger partial charge in [0.2, 0.25) is 10.0 Å². The zero-order valence-corrected chi connectivity index (χ0v) is 14.6. The quantitative estimate of drug-likeness (QED) is 0.866. The normalized spacial score (nSPS) is 16.3. The third-order valence-electron chi connectivity index (χ3n) is 4.26. The van der Waals surface area contributed by atoms with Crippen molar-refractivity contribution in [2.24, 2.45) is 0 Å². The topological polar surface area (TPSA) is 63.4 Å². The zero-order chi connectivity index (χ0) is 16.7. The van der Waals surface area contributed by atoms with E-state index < -0.39 is 10.0 Å². The molecular formula is C17H22N2O3S. The molecule has 0 radical (unpaired) electrons. The van der Waals surface area contributed by atoms with Crippen molar-refractivity contribution in [2.75, 3.05) is 6.54 Å². The van der Waals surface area contributed by atoms with Crippen LogP contribution in [0.3, 0.4) is 0 Å². The van der Waals surface area contributed by atoms with Crippen molar-refractivity contribution in [1.29, 1.82) is 0 Å². The number of nitrogens with zero attached hydrogens (tertiary/aromatic N) is 2. The van der Waals surface area contributed by atoms with Crippen molar-refractivity contribution >= 4 is 10.0 Å². The molecule has 6 heteroatoms. The molecule has 5 nitrogen and oxygen atoms in total. The van der Waals surface area contributed by atoms with Gasteiger partial charge in [-0.05, 0) is 28.5 Å². The number of hydrogen-bond donors (Lipinski definition) is 0. The van der Waals surface area contributed by atoms with E-state index in [0.717, 1.165) is 12.0 Å². The van der Waals surface area contributed by atoms with Crippen LogP contribution in [0.1, 0.15) is 43.2 Å². The fourth-order valence-corrected chi connectivity index (χ4v) is 4.24. The van der Waals surface area contributed by atoms with E-state index in [0.29, 0.717) is 18.8 Å². The van der Waals surface area contributed by atoms with Crippen molar-refractivity contribution in [3.05, 3.63) is 52.9 Å². The summed E-state index contributed by atoms with van der Waals surface area (Å²) in [7, 11) is -3.39. The lowest BCUT2D eigenvalue weighted by Crippen LogP contribution is -2.37. The summed E-state index contributed by atoms with van der Waals surface area (Å²) in [5.41, 5.74) is 4.07. The molecule has 0 atom stereocenters. The van der Waals surface area contributed by atoms with Gasteiger partial charge in [-0.15, -0.1) is 0 Å². The summed E-state index contributed by atoms with van der Waals surface area (Å²) in [6, 6.07) is 8.02. The lowest BCUT2D eigenvalue weighted by atomic mass is 9.84. The molecule has 124 valence electrons. The minimum Gasteiger partial charge on any atom is -0.364 e. The maximum atomic E-state index is 12.6. The number of aromatic nitrogens is 1. The lowest BCUT2D eigenvalue weighted by Gasteiger charge is -2.29. The molecule has 1 aliphatic heterocycles. The van der Waals surface area contributed by atoms with E-state index in [1.807, 2.05) is 0 Å². The van der Waals surface area contributed by atoms with Gasteiger partial charge in [0, 0.05) is 19.2 Å². The molecule has 0 saturated heterocycles. The van der Waals surface area contributed by atoms with Crippen LogP contribution in [-0.2, 0) is 34.2 Å². The van der Waals surface area contributed by atoms with Gasteiger partial charge in [0.05, 0.1) is 5.69 Å². The molecule has 0 fully saturated rings. The fourth-order valence-electron chi connectivity index (χ4n) is 2.83. The minimum absolute atomic E-state index is 0.0525. The van der Waals surface area contributed by atoms with Gasteiger partial charge in [-0.25, -0.2) is 8.42 Å². The van der Waals surface area contributed by atoms with E-state index in [2.05, 4.69) is 44.1 Å². The van der Waals surface area contributed by atoms with Gasteiger partial charge in [-0.3, -0.25) is 0 Å². The molecule has 0 saturated carbocycles. The molecule has 0 unspecified atom stereocenters. The van der Waals surface area contributed by atoms with E-state index in [9.17, 15) is 8.42 Å². The maximum absolute atomic E-state index is 12.6. The van der Waals surface area contributed by atoms with E-state index in [1.54, 1.807) is 10.4 Å². The second-order valence-electron chi connectivity index (χ2n) is 7.06. The molecule has 0 bridgehead atoms. The second kappa shape index (κ2) is 5.76. The van der Waals surface area contributed by atoms with Crippen molar-refractivity contribution in [3.63, 3.8) is 0 Å². The standard InChI is InChI=1S/C17H22N2O3S/c1-17(2,3)15-5-4-13-6-8-19(11-14(13)10-15)23(20,21)12-16-7-9-22-18-16/h4-5,7,9-10H,6,8,11-12H2,1-3H3. The number of benzene rings is 1. The molecular weight excluding hydrogens is 312 g/mol. The Kier molecular flexibility index (Phi) is 4.06. The van der Waals surface area contributed by atoms with E-state index in [1.165, 1.54) is 17.4 Å². The van der Waals surface area contributed by atoms with Gasteiger partial charge in [-0.1, -0.05) is 44.1 Å². The molecule has 1 aromatic carbocycles. The van der Waals surface area contributed by atoms with Crippen molar-refractivity contribution in [2.45, 2.75) is 44.9 Å². The molecule has 1 aliphatic rings. The Bertz CT molecular complexity index is 790. The molecule has 2 aromatic rings. The SMILES string of the molecule is CC(C)(C)c1ccc2c(c1)CN(S(=O)(=O)Cc1ccon1)CC2. The van der Waals surface area contributed by atoms with Gasteiger partial charge in [-0.2, -0.15) is 4.31 Å². The number of rotatable bonds is 3. The van der Waals surface area contributed by atoms with Crippen molar-refractivity contribution in [1.82, 2.24) is 9.46 Å². The van der Waals surface area contributed by atoms with Crippen LogP contribution in [0.15, 0.2) is 35.1 Å². The average molecular weight is 334 g/mol. The maximum Gasteiger partial charge on any atom is 0.220 e. The Labute approximate surface area is 137 Å². The second-order valence-corrected chi connectivity index (χ2v) is 9.03. The monoisotopic (exact) mass is 334 g/mol. The molecule has 2 heterocycles. The highest BCUT2D eigenvalue weighted by Crippen LogP contribution is 2.28. The van der Waals surface area contributed by atoms with Crippen LogP contribution >= 0.6 is 0 Å². The highest BCUT2D eigenvalue weighted by Gasteiger charge is 2.28. The summed E-state index contributed by atoms with van der Waals surface area (Å²) in [6.45, 7) is 7.44. The number of sulfonamides is 1. The zero-order valence-electron chi connectivity index (χ0n) is 13.7. The Morgan fingerprint density at radius 3 is 2.65 bits per heavy atom. The summed E-state index contributed by atoms with van der Waals surface area (Å²) in [6.07, 6.45) is 2.14. The molecule has 0 aliphatic carbocycles. The smallest absolute Gasteiger partial charge is 0.220 e. The first kappa shape index (κ1) is 16.2. The van der Waals surface area contributed by atoms with Crippen LogP contribution in [0.25, 0.3) is 0 Å². The fraction of sp³-hybridized carbons (Fsp3) is 0.471. The number of fused-ring (bicyclic) bond motifs is 1. The van der Waals surface area contributed by atoms with E-state index in [4.69, 9.17) is 4.52 Å². The Morgan fingerprint density at radius 2 is 2.00 bits per heavy atom. The van der Waals surface area contributed by atoms with Crippen LogP contribution in [0.4, 0.5) is 0 Å². The molecule has 0 amide bonds. The molecule has 23 heavy (non-hydrogen) atoms. The summed E-state index contributed by atoms with van der Waals surface area (Å²) in [5, 5.41) is 3.71. The van der Waals surface area contributed by atoms with Crippen LogP contribution in [0.2, 0.25) is 0 Å². The minimum atomic E-state index is -3.39. The summed E-state index contributed by atoms with van der Waals surface area (Å²) >= 11 is 0. The molecule has 0 spiro atoms. The van der Waals surface area contributed by atoms with Crippen molar-refractivity contribution < 1.29 is 12.9 Å². The Morgan fingerprint density at radius 1 is 1.22 bits per heavy atom. The summed E-state index contributed by atoms with van der Waals surface area (Å²) < 4.78 is 31.5. The predicted octanol–water partition coefficient (Wildman–Crippen LogP) is 2.86. The van der Waals surface area contributed by atoms with E-state index in [-0.39, 0.29) is 11.2 Å². The van der Waals surface area contributed by atoms with Crippen molar-refractivity contribution in [3.8, 4) is 0 Å². The molecule has 3 rings (SSSR count). The first-order valence-electron chi connectivity index (χ1n) is 7.75. The van der Waals surface area contributed by atoms with Gasteiger partial charge in [0.25, 0.3) is 0 Å².